The van der Waals surface area contributed by atoms with Crippen LogP contribution in [0.2, 0.25) is 0 Å². The summed E-state index contributed by atoms with van der Waals surface area (Å²) in [5.41, 5.74) is 4.64. The number of rotatable bonds is 5. The molecule has 0 radical (unpaired) electrons. The van der Waals surface area contributed by atoms with Crippen molar-refractivity contribution in [3.05, 3.63) is 90.5 Å². The largest absolute Gasteiger partial charge is 0.362 e. The summed E-state index contributed by atoms with van der Waals surface area (Å²) in [7, 11) is 0. The summed E-state index contributed by atoms with van der Waals surface area (Å²) < 4.78 is 0. The molecule has 0 fully saturated rings. The van der Waals surface area contributed by atoms with Crippen LogP contribution in [0.3, 0.4) is 0 Å². The van der Waals surface area contributed by atoms with Crippen LogP contribution in [0, 0.1) is 0 Å². The van der Waals surface area contributed by atoms with E-state index >= 15 is 0 Å². The molecule has 0 aliphatic heterocycles. The minimum atomic E-state index is 0.648. The van der Waals surface area contributed by atoms with Crippen LogP contribution >= 0.6 is 12.2 Å². The van der Waals surface area contributed by atoms with E-state index in [9.17, 15) is 0 Å². The first-order valence-corrected chi connectivity index (χ1v) is 8.47. The van der Waals surface area contributed by atoms with E-state index in [1.54, 1.807) is 0 Å². The third-order valence-corrected chi connectivity index (χ3v) is 4.05. The average molecular weight is 332 g/mol. The summed E-state index contributed by atoms with van der Waals surface area (Å²) in [6, 6.07) is 28.9. The van der Waals surface area contributed by atoms with Gasteiger partial charge in [-0.15, -0.1) is 0 Å². The van der Waals surface area contributed by atoms with Gasteiger partial charge >= 0.3 is 0 Å². The van der Waals surface area contributed by atoms with Gasteiger partial charge in [-0.2, -0.15) is 0 Å². The normalized spacial score (nSPS) is 10.2. The topological polar surface area (TPSA) is 24.1 Å². The molecule has 0 saturated heterocycles. The van der Waals surface area contributed by atoms with E-state index in [-0.39, 0.29) is 0 Å². The monoisotopic (exact) mass is 332 g/mol. The molecule has 0 heterocycles. The Morgan fingerprint density at radius 2 is 1.38 bits per heavy atom. The van der Waals surface area contributed by atoms with Gasteiger partial charge in [0.25, 0.3) is 0 Å². The zero-order chi connectivity index (χ0) is 16.6. The van der Waals surface area contributed by atoms with Gasteiger partial charge in [0.15, 0.2) is 5.11 Å². The van der Waals surface area contributed by atoms with Crippen LogP contribution in [0.5, 0.6) is 0 Å². The predicted octanol–water partition coefficient (Wildman–Crippen LogP) is 4.88. The van der Waals surface area contributed by atoms with Crippen molar-refractivity contribution in [2.75, 3.05) is 11.9 Å². The van der Waals surface area contributed by atoms with E-state index in [1.807, 2.05) is 42.5 Å². The maximum absolute atomic E-state index is 5.44. The Hall–Kier alpha value is -2.65. The lowest BCUT2D eigenvalue weighted by Gasteiger charge is -2.14. The molecule has 3 heteroatoms. The number of hydrogen-bond acceptors (Lipinski definition) is 1. The van der Waals surface area contributed by atoms with Crippen LogP contribution < -0.4 is 10.6 Å². The molecule has 0 atom stereocenters. The Balaban J connectivity index is 1.61. The molecular formula is C21H20N2S. The van der Waals surface area contributed by atoms with Gasteiger partial charge in [0.2, 0.25) is 0 Å². The average Bonchev–Trinajstić information content (AvgIpc) is 2.64. The first kappa shape index (κ1) is 16.2. The van der Waals surface area contributed by atoms with Gasteiger partial charge < -0.3 is 10.6 Å². The lowest BCUT2D eigenvalue weighted by molar-refractivity contribution is 0.873. The van der Waals surface area contributed by atoms with Gasteiger partial charge in [-0.25, -0.2) is 0 Å². The number of thiocarbonyl (C=S) groups is 1. The minimum Gasteiger partial charge on any atom is -0.362 e. The first-order chi connectivity index (χ1) is 11.8. The highest BCUT2D eigenvalue weighted by Crippen LogP contribution is 2.27. The molecule has 2 N–H and O–H groups in total. The summed E-state index contributed by atoms with van der Waals surface area (Å²) >= 11 is 5.44. The second-order valence-corrected chi connectivity index (χ2v) is 5.94. The zero-order valence-corrected chi connectivity index (χ0v) is 14.2. The van der Waals surface area contributed by atoms with E-state index < -0.39 is 0 Å². The second-order valence-electron chi connectivity index (χ2n) is 5.53. The molecule has 0 saturated carbocycles. The van der Waals surface area contributed by atoms with Gasteiger partial charge in [0, 0.05) is 17.8 Å². The highest BCUT2D eigenvalue weighted by molar-refractivity contribution is 7.80. The molecule has 0 unspecified atom stereocenters. The molecule has 3 aromatic rings. The smallest absolute Gasteiger partial charge is 0.170 e. The maximum atomic E-state index is 5.44. The molecule has 0 bridgehead atoms. The molecule has 0 aliphatic carbocycles. The minimum absolute atomic E-state index is 0.648. The van der Waals surface area contributed by atoms with Crippen molar-refractivity contribution < 1.29 is 0 Å². The van der Waals surface area contributed by atoms with Crippen molar-refractivity contribution in [2.45, 2.75) is 6.42 Å². The van der Waals surface area contributed by atoms with Gasteiger partial charge in [0.1, 0.15) is 0 Å². The molecule has 0 spiro atoms. The van der Waals surface area contributed by atoms with E-state index in [1.165, 1.54) is 11.1 Å². The first-order valence-electron chi connectivity index (χ1n) is 8.06. The highest BCUT2D eigenvalue weighted by atomic mass is 32.1. The van der Waals surface area contributed by atoms with E-state index in [0.717, 1.165) is 24.2 Å². The van der Waals surface area contributed by atoms with Gasteiger partial charge in [-0.1, -0.05) is 78.9 Å². The SMILES string of the molecule is S=C(NCCc1ccccc1)Nc1ccccc1-c1ccccc1. The molecule has 0 aromatic heterocycles. The van der Waals surface area contributed by atoms with Crippen LogP contribution in [-0.4, -0.2) is 11.7 Å². The van der Waals surface area contributed by atoms with E-state index in [0.29, 0.717) is 5.11 Å². The van der Waals surface area contributed by atoms with E-state index in [4.69, 9.17) is 12.2 Å². The molecule has 120 valence electrons. The van der Waals surface area contributed by atoms with Crippen LogP contribution in [0.25, 0.3) is 11.1 Å². The molecule has 0 aliphatic rings. The van der Waals surface area contributed by atoms with Crippen molar-refractivity contribution in [3.8, 4) is 11.1 Å². The van der Waals surface area contributed by atoms with Crippen molar-refractivity contribution >= 4 is 23.0 Å². The lowest BCUT2D eigenvalue weighted by Crippen LogP contribution is -2.30. The van der Waals surface area contributed by atoms with Crippen molar-refractivity contribution in [1.82, 2.24) is 5.32 Å². The van der Waals surface area contributed by atoms with E-state index in [2.05, 4.69) is 53.1 Å². The van der Waals surface area contributed by atoms with Crippen LogP contribution in [-0.2, 0) is 6.42 Å². The third kappa shape index (κ3) is 4.43. The van der Waals surface area contributed by atoms with Crippen molar-refractivity contribution in [2.24, 2.45) is 0 Å². The fraction of sp³-hybridized carbons (Fsp3) is 0.0952. The Morgan fingerprint density at radius 1 is 0.750 bits per heavy atom. The van der Waals surface area contributed by atoms with Crippen LogP contribution in [0.15, 0.2) is 84.9 Å². The quantitative estimate of drug-likeness (QED) is 0.651. The Kier molecular flexibility index (Phi) is 5.59. The summed E-state index contributed by atoms with van der Waals surface area (Å²) in [6.07, 6.45) is 0.947. The predicted molar refractivity (Wildman–Crippen MR) is 106 cm³/mol. The summed E-state index contributed by atoms with van der Waals surface area (Å²) in [5.74, 6) is 0. The Morgan fingerprint density at radius 3 is 2.12 bits per heavy atom. The number of nitrogens with one attached hydrogen (secondary N) is 2. The molecule has 3 rings (SSSR count). The van der Waals surface area contributed by atoms with Gasteiger partial charge in [-0.05, 0) is 35.8 Å². The van der Waals surface area contributed by atoms with Crippen LogP contribution in [0.1, 0.15) is 5.56 Å². The highest BCUT2D eigenvalue weighted by Gasteiger charge is 2.05. The van der Waals surface area contributed by atoms with Gasteiger partial charge in [0.05, 0.1) is 0 Å². The molecule has 24 heavy (non-hydrogen) atoms. The Bertz CT molecular complexity index is 785. The second kappa shape index (κ2) is 8.27. The number of hydrogen-bond donors (Lipinski definition) is 2. The van der Waals surface area contributed by atoms with Crippen molar-refractivity contribution in [3.63, 3.8) is 0 Å². The molecule has 0 amide bonds. The number of anilines is 1. The summed E-state index contributed by atoms with van der Waals surface area (Å²) in [4.78, 5) is 0. The van der Waals surface area contributed by atoms with Gasteiger partial charge in [-0.3, -0.25) is 0 Å². The Labute approximate surface area is 148 Å². The van der Waals surface area contributed by atoms with Crippen molar-refractivity contribution in [1.29, 1.82) is 0 Å². The molecule has 2 nitrogen and oxygen atoms in total. The molecule has 3 aromatic carbocycles. The third-order valence-electron chi connectivity index (χ3n) is 3.80. The lowest BCUT2D eigenvalue weighted by atomic mass is 10.0. The fourth-order valence-corrected chi connectivity index (χ4v) is 2.81. The van der Waals surface area contributed by atoms with Crippen LogP contribution in [0.4, 0.5) is 5.69 Å². The number of para-hydroxylation sites is 1. The molecular weight excluding hydrogens is 312 g/mol. The summed E-state index contributed by atoms with van der Waals surface area (Å²) in [6.45, 7) is 0.809. The zero-order valence-electron chi connectivity index (χ0n) is 13.4. The standard InChI is InChI=1S/C21H20N2S/c24-21(22-16-15-17-9-3-1-4-10-17)23-20-14-8-7-13-19(20)18-11-5-2-6-12-18/h1-14H,15-16H2,(H2,22,23,24). The fourth-order valence-electron chi connectivity index (χ4n) is 2.59. The maximum Gasteiger partial charge on any atom is 0.170 e. The summed E-state index contributed by atoms with van der Waals surface area (Å²) in [5, 5.41) is 7.24. The number of benzene rings is 3.